The van der Waals surface area contributed by atoms with E-state index in [1.165, 1.54) is 28.8 Å². The minimum atomic E-state index is -4.71. The first-order valence-electron chi connectivity index (χ1n) is 11.9. The number of fused-ring (bicyclic) bond motifs is 1. The Balaban J connectivity index is 1.38. The van der Waals surface area contributed by atoms with E-state index in [-0.39, 0.29) is 11.6 Å². The fourth-order valence-corrected chi connectivity index (χ4v) is 4.32. The molecule has 4 aromatic carbocycles. The number of alkyl halides is 3. The van der Waals surface area contributed by atoms with Crippen molar-refractivity contribution in [1.82, 2.24) is 0 Å². The Kier molecular flexibility index (Phi) is 7.74. The van der Waals surface area contributed by atoms with E-state index < -0.39 is 6.36 Å². The lowest BCUT2D eigenvalue weighted by molar-refractivity contribution is -0.274. The highest BCUT2D eigenvalue weighted by Crippen LogP contribution is 2.26. The summed E-state index contributed by atoms with van der Waals surface area (Å²) in [6.45, 7) is 2.18. The molecule has 0 fully saturated rings. The van der Waals surface area contributed by atoms with Crippen LogP contribution in [0.3, 0.4) is 0 Å². The van der Waals surface area contributed by atoms with E-state index in [0.29, 0.717) is 23.8 Å². The van der Waals surface area contributed by atoms with Crippen LogP contribution in [0.1, 0.15) is 41.2 Å². The van der Waals surface area contributed by atoms with Gasteiger partial charge in [0.2, 0.25) is 0 Å². The maximum Gasteiger partial charge on any atom is 0.573 e. The van der Waals surface area contributed by atoms with E-state index in [1.807, 2.05) is 24.3 Å². The van der Waals surface area contributed by atoms with E-state index in [9.17, 15) is 13.2 Å². The van der Waals surface area contributed by atoms with Crippen molar-refractivity contribution < 1.29 is 22.3 Å². The molecular formula is C30H28F4O. The minimum Gasteiger partial charge on any atom is -0.406 e. The molecule has 4 rings (SSSR count). The third-order valence-electron chi connectivity index (χ3n) is 6.20. The maximum absolute atomic E-state index is 15.2. The molecule has 0 N–H and O–H groups in total. The average molecular weight is 481 g/mol. The van der Waals surface area contributed by atoms with Gasteiger partial charge in [0, 0.05) is 5.39 Å². The fourth-order valence-electron chi connectivity index (χ4n) is 4.32. The molecule has 0 aliphatic heterocycles. The molecule has 0 spiro atoms. The number of ether oxygens (including phenoxy) is 1. The molecule has 0 aliphatic rings. The van der Waals surface area contributed by atoms with Gasteiger partial charge in [0.1, 0.15) is 11.6 Å². The van der Waals surface area contributed by atoms with Crippen molar-refractivity contribution >= 4 is 10.8 Å². The molecule has 182 valence electrons. The van der Waals surface area contributed by atoms with Crippen molar-refractivity contribution in [2.45, 2.75) is 51.8 Å². The van der Waals surface area contributed by atoms with Gasteiger partial charge in [-0.25, -0.2) is 4.39 Å². The second kappa shape index (κ2) is 10.9. The first kappa shape index (κ1) is 24.8. The first-order chi connectivity index (χ1) is 16.8. The smallest absolute Gasteiger partial charge is 0.406 e. The molecule has 0 heterocycles. The quantitative estimate of drug-likeness (QED) is 0.219. The molecule has 0 aromatic heterocycles. The molecular weight excluding hydrogens is 452 g/mol. The van der Waals surface area contributed by atoms with Gasteiger partial charge in [-0.05, 0) is 77.4 Å². The van der Waals surface area contributed by atoms with Gasteiger partial charge in [0.05, 0.1) is 0 Å². The zero-order valence-electron chi connectivity index (χ0n) is 19.7. The van der Waals surface area contributed by atoms with Gasteiger partial charge in [-0.1, -0.05) is 80.1 Å². The second-order valence-electron chi connectivity index (χ2n) is 8.85. The number of hydrogen-bond donors (Lipinski definition) is 0. The molecule has 0 unspecified atom stereocenters. The number of aryl methyl sites for hydroxylation is 5. The summed E-state index contributed by atoms with van der Waals surface area (Å²) in [5.41, 5.74) is 5.23. The zero-order chi connectivity index (χ0) is 24.8. The van der Waals surface area contributed by atoms with Gasteiger partial charge in [-0.3, -0.25) is 0 Å². The molecule has 35 heavy (non-hydrogen) atoms. The monoisotopic (exact) mass is 480 g/mol. The number of halogens is 4. The summed E-state index contributed by atoms with van der Waals surface area (Å²) in [6, 6.07) is 24.1. The highest BCUT2D eigenvalue weighted by Gasteiger charge is 2.30. The number of rotatable bonds is 9. The van der Waals surface area contributed by atoms with Gasteiger partial charge < -0.3 is 4.74 Å². The van der Waals surface area contributed by atoms with Gasteiger partial charge in [0.15, 0.2) is 0 Å². The predicted molar refractivity (Wildman–Crippen MR) is 132 cm³/mol. The fraction of sp³-hybridized carbons (Fsp3) is 0.267. The van der Waals surface area contributed by atoms with E-state index in [2.05, 4.69) is 35.9 Å². The van der Waals surface area contributed by atoms with Crippen LogP contribution in [0.5, 0.6) is 5.75 Å². The summed E-state index contributed by atoms with van der Waals surface area (Å²) in [6.07, 6.45) is 0.326. The van der Waals surface area contributed by atoms with Crippen LogP contribution in [0.15, 0.2) is 78.9 Å². The molecule has 0 saturated heterocycles. The third kappa shape index (κ3) is 6.84. The molecule has 0 radical (unpaired) electrons. The van der Waals surface area contributed by atoms with Crippen LogP contribution in [-0.4, -0.2) is 6.36 Å². The number of hydrogen-bond acceptors (Lipinski definition) is 1. The van der Waals surface area contributed by atoms with Crippen LogP contribution in [0.25, 0.3) is 10.8 Å². The highest BCUT2D eigenvalue weighted by molar-refractivity contribution is 5.84. The van der Waals surface area contributed by atoms with Crippen LogP contribution >= 0.6 is 0 Å². The Morgan fingerprint density at radius 2 is 1.17 bits per heavy atom. The van der Waals surface area contributed by atoms with Gasteiger partial charge in [-0.15, -0.1) is 13.2 Å². The van der Waals surface area contributed by atoms with E-state index in [0.717, 1.165) is 36.6 Å². The standard InChI is InChI=1S/C30H28F4O/c1-2-3-21-4-6-22(7-5-21)8-9-24-13-19-28-26(20-24)16-15-25(29(28)31)14-10-23-11-17-27(18-12-23)35-30(32,33)34/h4-7,11-13,15-20H,2-3,8-10,14H2,1H3. The van der Waals surface area contributed by atoms with Crippen molar-refractivity contribution in [3.63, 3.8) is 0 Å². The SMILES string of the molecule is CCCc1ccc(CCc2ccc3c(F)c(CCc4ccc(OC(F)(F)F)cc4)ccc3c2)cc1. The zero-order valence-corrected chi connectivity index (χ0v) is 19.7. The summed E-state index contributed by atoms with van der Waals surface area (Å²) in [7, 11) is 0. The Morgan fingerprint density at radius 3 is 1.80 bits per heavy atom. The van der Waals surface area contributed by atoms with Crippen LogP contribution in [0.4, 0.5) is 17.6 Å². The number of benzene rings is 4. The van der Waals surface area contributed by atoms with Crippen LogP contribution in [-0.2, 0) is 32.1 Å². The topological polar surface area (TPSA) is 9.23 Å². The van der Waals surface area contributed by atoms with Gasteiger partial charge in [-0.2, -0.15) is 0 Å². The summed E-state index contributed by atoms with van der Waals surface area (Å²) in [4.78, 5) is 0. The minimum absolute atomic E-state index is 0.238. The lowest BCUT2D eigenvalue weighted by Gasteiger charge is -2.10. The molecule has 0 amide bonds. The molecule has 0 bridgehead atoms. The maximum atomic E-state index is 15.2. The van der Waals surface area contributed by atoms with E-state index >= 15 is 4.39 Å². The largest absolute Gasteiger partial charge is 0.573 e. The van der Waals surface area contributed by atoms with Crippen LogP contribution in [0, 0.1) is 5.82 Å². The molecule has 0 saturated carbocycles. The average Bonchev–Trinajstić information content (AvgIpc) is 2.83. The lowest BCUT2D eigenvalue weighted by atomic mass is 9.97. The summed E-state index contributed by atoms with van der Waals surface area (Å²) >= 11 is 0. The first-order valence-corrected chi connectivity index (χ1v) is 11.9. The normalized spacial score (nSPS) is 11.7. The molecule has 0 aliphatic carbocycles. The Bertz CT molecular complexity index is 1260. The van der Waals surface area contributed by atoms with Crippen molar-refractivity contribution in [1.29, 1.82) is 0 Å². The Hall–Kier alpha value is -3.34. The third-order valence-corrected chi connectivity index (χ3v) is 6.20. The lowest BCUT2D eigenvalue weighted by Crippen LogP contribution is -2.17. The van der Waals surface area contributed by atoms with Gasteiger partial charge in [0.25, 0.3) is 0 Å². The summed E-state index contributed by atoms with van der Waals surface area (Å²) < 4.78 is 56.0. The van der Waals surface area contributed by atoms with Crippen molar-refractivity contribution in [2.75, 3.05) is 0 Å². The van der Waals surface area contributed by atoms with Crippen molar-refractivity contribution in [2.24, 2.45) is 0 Å². The van der Waals surface area contributed by atoms with Crippen molar-refractivity contribution in [3.05, 3.63) is 112 Å². The summed E-state index contributed by atoms with van der Waals surface area (Å²) in [5.74, 6) is -0.500. The Morgan fingerprint density at radius 1 is 0.629 bits per heavy atom. The van der Waals surface area contributed by atoms with Crippen LogP contribution in [0.2, 0.25) is 0 Å². The second-order valence-corrected chi connectivity index (χ2v) is 8.85. The summed E-state index contributed by atoms with van der Waals surface area (Å²) in [5, 5.41) is 1.46. The molecule has 0 atom stereocenters. The van der Waals surface area contributed by atoms with Gasteiger partial charge >= 0.3 is 6.36 Å². The Labute approximate surface area is 203 Å². The molecule has 4 aromatic rings. The van der Waals surface area contributed by atoms with Crippen molar-refractivity contribution in [3.8, 4) is 5.75 Å². The highest BCUT2D eigenvalue weighted by atomic mass is 19.4. The molecule has 1 nitrogen and oxygen atoms in total. The molecule has 5 heteroatoms. The van der Waals surface area contributed by atoms with E-state index in [4.69, 9.17) is 0 Å². The van der Waals surface area contributed by atoms with E-state index in [1.54, 1.807) is 18.2 Å². The predicted octanol–water partition coefficient (Wildman–Crippen LogP) is 8.40. The van der Waals surface area contributed by atoms with Crippen LogP contribution < -0.4 is 4.74 Å².